The first kappa shape index (κ1) is 17.9. The molecule has 0 radical (unpaired) electrons. The maximum absolute atomic E-state index is 12.6. The quantitative estimate of drug-likeness (QED) is 0.560. The van der Waals surface area contributed by atoms with Crippen LogP contribution in [0, 0.1) is 0 Å². The molecule has 1 N–H and O–H groups in total. The molecule has 1 aliphatic carbocycles. The monoisotopic (exact) mass is 409 g/mol. The van der Waals surface area contributed by atoms with Gasteiger partial charge in [0.1, 0.15) is 23.5 Å². The molecule has 1 aliphatic rings. The molecule has 148 valence electrons. The summed E-state index contributed by atoms with van der Waals surface area (Å²) in [4.78, 5) is 36.2. The third kappa shape index (κ3) is 2.98. The highest BCUT2D eigenvalue weighted by atomic mass is 32.1. The van der Waals surface area contributed by atoms with Gasteiger partial charge in [0, 0.05) is 4.88 Å². The van der Waals surface area contributed by atoms with Crippen molar-refractivity contribution in [3.63, 3.8) is 0 Å². The predicted molar refractivity (Wildman–Crippen MR) is 111 cm³/mol. The maximum atomic E-state index is 12.6. The van der Waals surface area contributed by atoms with Crippen molar-refractivity contribution in [3.8, 4) is 5.75 Å². The van der Waals surface area contributed by atoms with Gasteiger partial charge in [-0.1, -0.05) is 12.1 Å². The van der Waals surface area contributed by atoms with Crippen LogP contribution in [0.1, 0.15) is 23.3 Å². The fourth-order valence-electron chi connectivity index (χ4n) is 3.89. The van der Waals surface area contributed by atoms with Gasteiger partial charge in [-0.25, -0.2) is 19.0 Å². The molecule has 0 aliphatic heterocycles. The molecule has 0 atom stereocenters. The Morgan fingerprint density at radius 1 is 1.28 bits per heavy atom. The number of hydrogen-bond donors (Lipinski definition) is 1. The molecular formula is C20H19N5O3S. The van der Waals surface area contributed by atoms with Gasteiger partial charge in [0.25, 0.3) is 0 Å². The van der Waals surface area contributed by atoms with E-state index in [1.165, 1.54) is 21.5 Å². The Kier molecular flexibility index (Phi) is 4.31. The average Bonchev–Trinajstić information content (AvgIpc) is 3.26. The van der Waals surface area contributed by atoms with E-state index in [0.717, 1.165) is 29.5 Å². The minimum atomic E-state index is -0.467. The molecule has 5 rings (SSSR count). The van der Waals surface area contributed by atoms with E-state index < -0.39 is 5.69 Å². The fourth-order valence-corrected chi connectivity index (χ4v) is 5.11. The number of benzene rings is 1. The minimum Gasteiger partial charge on any atom is -0.495 e. The van der Waals surface area contributed by atoms with E-state index >= 15 is 0 Å². The number of aryl methyl sites for hydroxylation is 2. The maximum Gasteiger partial charge on any atom is 0.365 e. The Bertz CT molecular complexity index is 1300. The second-order valence-electron chi connectivity index (χ2n) is 7.00. The Hall–Kier alpha value is -3.20. The van der Waals surface area contributed by atoms with Crippen molar-refractivity contribution < 1.29 is 9.53 Å². The molecule has 0 fully saturated rings. The summed E-state index contributed by atoms with van der Waals surface area (Å²) in [5, 5.41) is 3.74. The Morgan fingerprint density at radius 3 is 2.97 bits per heavy atom. The first-order valence-corrected chi connectivity index (χ1v) is 10.3. The van der Waals surface area contributed by atoms with Gasteiger partial charge in [-0.05, 0) is 43.4 Å². The van der Waals surface area contributed by atoms with Crippen molar-refractivity contribution in [2.24, 2.45) is 0 Å². The molecule has 9 heteroatoms. The molecular weight excluding hydrogens is 390 g/mol. The van der Waals surface area contributed by atoms with Crippen LogP contribution in [0.2, 0.25) is 0 Å². The Labute approximate surface area is 169 Å². The molecule has 0 unspecified atom stereocenters. The second kappa shape index (κ2) is 7.00. The molecule has 1 amide bonds. The van der Waals surface area contributed by atoms with Gasteiger partial charge >= 0.3 is 5.69 Å². The number of carbonyl (C=O) groups excluding carboxylic acids is 1. The summed E-state index contributed by atoms with van der Waals surface area (Å²) in [5.41, 5.74) is 1.91. The highest BCUT2D eigenvalue weighted by Crippen LogP contribution is 2.36. The van der Waals surface area contributed by atoms with E-state index in [1.807, 2.05) is 6.07 Å². The highest BCUT2D eigenvalue weighted by molar-refractivity contribution is 7.19. The summed E-state index contributed by atoms with van der Waals surface area (Å²) in [6.45, 7) is -0.169. The zero-order valence-electron chi connectivity index (χ0n) is 15.8. The molecule has 29 heavy (non-hydrogen) atoms. The van der Waals surface area contributed by atoms with Crippen LogP contribution < -0.4 is 15.7 Å². The fraction of sp³-hybridized carbons (Fsp3) is 0.300. The SMILES string of the molecule is COc1ccccc1NC(=O)Cn1c(=O)nc2c3c4c(sc3ncn21)CCCC4. The van der Waals surface area contributed by atoms with E-state index in [4.69, 9.17) is 4.74 Å². The van der Waals surface area contributed by atoms with Crippen LogP contribution >= 0.6 is 11.3 Å². The summed E-state index contributed by atoms with van der Waals surface area (Å²) >= 11 is 1.68. The van der Waals surface area contributed by atoms with Gasteiger partial charge in [-0.15, -0.1) is 11.3 Å². The van der Waals surface area contributed by atoms with E-state index in [2.05, 4.69) is 15.3 Å². The van der Waals surface area contributed by atoms with Gasteiger partial charge in [0.05, 0.1) is 18.2 Å². The van der Waals surface area contributed by atoms with Crippen LogP contribution in [0.15, 0.2) is 35.4 Å². The van der Waals surface area contributed by atoms with Crippen molar-refractivity contribution in [2.45, 2.75) is 32.2 Å². The number of fused-ring (bicyclic) bond motifs is 5. The number of aromatic nitrogens is 4. The Balaban J connectivity index is 1.53. The number of nitrogens with zero attached hydrogens (tertiary/aromatic N) is 4. The molecule has 8 nitrogen and oxygen atoms in total. The van der Waals surface area contributed by atoms with Crippen molar-refractivity contribution in [3.05, 3.63) is 51.5 Å². The molecule has 3 heterocycles. The lowest BCUT2D eigenvalue weighted by molar-refractivity contribution is -0.117. The van der Waals surface area contributed by atoms with E-state index in [1.54, 1.807) is 47.5 Å². The lowest BCUT2D eigenvalue weighted by Gasteiger charge is -2.11. The minimum absolute atomic E-state index is 0.169. The molecule has 4 aromatic rings. The largest absolute Gasteiger partial charge is 0.495 e. The van der Waals surface area contributed by atoms with Crippen molar-refractivity contribution in [2.75, 3.05) is 12.4 Å². The number of ether oxygens (including phenoxy) is 1. The smallest absolute Gasteiger partial charge is 0.365 e. The zero-order chi connectivity index (χ0) is 20.0. The van der Waals surface area contributed by atoms with Gasteiger partial charge < -0.3 is 10.1 Å². The number of carbonyl (C=O) groups is 1. The number of hydrogen-bond acceptors (Lipinski definition) is 6. The summed E-state index contributed by atoms with van der Waals surface area (Å²) in [6, 6.07) is 7.13. The van der Waals surface area contributed by atoms with Gasteiger partial charge in [0.2, 0.25) is 5.91 Å². The van der Waals surface area contributed by atoms with Crippen LogP contribution in [-0.2, 0) is 24.2 Å². The van der Waals surface area contributed by atoms with Gasteiger partial charge in [-0.2, -0.15) is 4.98 Å². The zero-order valence-corrected chi connectivity index (χ0v) is 16.7. The third-order valence-electron chi connectivity index (χ3n) is 5.23. The van der Waals surface area contributed by atoms with Crippen molar-refractivity contribution in [1.29, 1.82) is 0 Å². The first-order valence-electron chi connectivity index (χ1n) is 9.47. The van der Waals surface area contributed by atoms with Gasteiger partial charge in [-0.3, -0.25) is 4.79 Å². The number of amides is 1. The van der Waals surface area contributed by atoms with E-state index in [9.17, 15) is 9.59 Å². The van der Waals surface area contributed by atoms with Crippen LogP contribution in [0.5, 0.6) is 5.75 Å². The number of anilines is 1. The van der Waals surface area contributed by atoms with Gasteiger partial charge in [0.15, 0.2) is 5.65 Å². The van der Waals surface area contributed by atoms with Crippen molar-refractivity contribution >= 4 is 38.8 Å². The standard InChI is InChI=1S/C20H19N5O3S/c1-28-14-8-4-3-7-13(14)22-16(26)10-24-20(27)23-18-17-12-6-2-5-9-15(12)29-19(17)21-11-25(18)24/h3-4,7-8,11H,2,5-6,9-10H2,1H3,(H,22,26). The summed E-state index contributed by atoms with van der Waals surface area (Å²) in [7, 11) is 1.54. The normalized spacial score (nSPS) is 13.6. The molecule has 0 bridgehead atoms. The number of thiophene rings is 1. The average molecular weight is 409 g/mol. The van der Waals surface area contributed by atoms with Crippen LogP contribution in [0.4, 0.5) is 5.69 Å². The van der Waals surface area contributed by atoms with Crippen LogP contribution in [0.25, 0.3) is 15.9 Å². The summed E-state index contributed by atoms with van der Waals surface area (Å²) < 4.78 is 8.15. The summed E-state index contributed by atoms with van der Waals surface area (Å²) in [5.74, 6) is 0.213. The predicted octanol–water partition coefficient (Wildman–Crippen LogP) is 2.63. The van der Waals surface area contributed by atoms with Crippen LogP contribution in [-0.4, -0.2) is 32.2 Å². The Morgan fingerprint density at radius 2 is 2.10 bits per heavy atom. The highest BCUT2D eigenvalue weighted by Gasteiger charge is 2.22. The third-order valence-corrected chi connectivity index (χ3v) is 6.43. The number of rotatable bonds is 4. The summed E-state index contributed by atoms with van der Waals surface area (Å²) in [6.07, 6.45) is 5.91. The topological polar surface area (TPSA) is 90.5 Å². The van der Waals surface area contributed by atoms with Crippen molar-refractivity contribution in [1.82, 2.24) is 19.2 Å². The molecule has 0 spiro atoms. The number of methoxy groups -OCH3 is 1. The lowest BCUT2D eigenvalue weighted by Crippen LogP contribution is -2.28. The molecule has 0 saturated carbocycles. The molecule has 0 saturated heterocycles. The first-order chi connectivity index (χ1) is 14.2. The molecule has 1 aromatic carbocycles. The lowest BCUT2D eigenvalue weighted by atomic mass is 9.97. The van der Waals surface area contributed by atoms with Crippen LogP contribution in [0.3, 0.4) is 0 Å². The van der Waals surface area contributed by atoms with E-state index in [0.29, 0.717) is 17.1 Å². The van der Waals surface area contributed by atoms with E-state index in [-0.39, 0.29) is 12.5 Å². The molecule has 3 aromatic heterocycles. The number of para-hydroxylation sites is 2. The number of nitrogens with one attached hydrogen (secondary N) is 1. The second-order valence-corrected chi connectivity index (χ2v) is 8.09.